The van der Waals surface area contributed by atoms with E-state index in [0.717, 1.165) is 0 Å². The van der Waals surface area contributed by atoms with E-state index in [4.69, 9.17) is 10.00 Å². The molecule has 4 heteroatoms. The van der Waals surface area contributed by atoms with E-state index >= 15 is 0 Å². The summed E-state index contributed by atoms with van der Waals surface area (Å²) < 4.78 is 9.67. The van der Waals surface area contributed by atoms with Gasteiger partial charge in [-0.1, -0.05) is 0 Å². The fourth-order valence-electron chi connectivity index (χ4n) is 1.51. The SMILES string of the molecule is COC(=O)[C@H]1[C@@H]2C=C(C#N)O[C@@H]21. The molecule has 2 aliphatic rings. The molecule has 0 amide bonds. The highest BCUT2D eigenvalue weighted by atomic mass is 16.5. The van der Waals surface area contributed by atoms with Crippen LogP contribution in [0.25, 0.3) is 0 Å². The Balaban J connectivity index is 2.03. The van der Waals surface area contributed by atoms with Crippen molar-refractivity contribution < 1.29 is 14.3 Å². The van der Waals surface area contributed by atoms with Gasteiger partial charge in [0.05, 0.1) is 7.11 Å². The standard InChI is InChI=1S/C8H7NO3/c1-11-8(10)6-5-2-4(3-9)12-7(5)6/h2,5-7H,1H3/t5-,6-,7-/m0/s1. The number of nitriles is 1. The molecule has 1 heterocycles. The normalized spacial score (nSPS) is 35.7. The van der Waals surface area contributed by atoms with E-state index in [1.807, 2.05) is 6.07 Å². The first kappa shape index (κ1) is 7.17. The first-order valence-corrected chi connectivity index (χ1v) is 3.64. The van der Waals surface area contributed by atoms with Gasteiger partial charge in [-0.25, -0.2) is 0 Å². The van der Waals surface area contributed by atoms with Crippen LogP contribution in [0.4, 0.5) is 0 Å². The molecule has 1 saturated carbocycles. The molecule has 1 aliphatic carbocycles. The van der Waals surface area contributed by atoms with Crippen LogP contribution in [0.2, 0.25) is 0 Å². The Bertz CT molecular complexity index is 302. The molecule has 0 radical (unpaired) electrons. The molecule has 1 aliphatic heterocycles. The molecule has 0 aromatic rings. The van der Waals surface area contributed by atoms with Crippen molar-refractivity contribution in [2.45, 2.75) is 6.10 Å². The Morgan fingerprint density at radius 2 is 2.58 bits per heavy atom. The molecule has 0 spiro atoms. The van der Waals surface area contributed by atoms with Gasteiger partial charge < -0.3 is 9.47 Å². The lowest BCUT2D eigenvalue weighted by Gasteiger charge is -2.00. The van der Waals surface area contributed by atoms with Crippen LogP contribution in [0.15, 0.2) is 11.8 Å². The minimum Gasteiger partial charge on any atom is -0.479 e. The van der Waals surface area contributed by atoms with Crippen LogP contribution in [-0.4, -0.2) is 19.2 Å². The van der Waals surface area contributed by atoms with Crippen molar-refractivity contribution in [1.82, 2.24) is 0 Å². The number of nitrogens with zero attached hydrogens (tertiary/aromatic N) is 1. The lowest BCUT2D eigenvalue weighted by Crippen LogP contribution is -2.09. The zero-order valence-electron chi connectivity index (χ0n) is 6.48. The van der Waals surface area contributed by atoms with Crippen LogP contribution < -0.4 is 0 Å². The topological polar surface area (TPSA) is 59.3 Å². The summed E-state index contributed by atoms with van der Waals surface area (Å²) in [5, 5.41) is 8.43. The summed E-state index contributed by atoms with van der Waals surface area (Å²) in [5.74, 6) is -0.0254. The summed E-state index contributed by atoms with van der Waals surface area (Å²) in [6, 6.07) is 1.89. The van der Waals surface area contributed by atoms with Gasteiger partial charge in [0.1, 0.15) is 18.1 Å². The number of hydrogen-bond donors (Lipinski definition) is 0. The third-order valence-electron chi connectivity index (χ3n) is 2.20. The Kier molecular flexibility index (Phi) is 1.34. The van der Waals surface area contributed by atoms with Gasteiger partial charge >= 0.3 is 5.97 Å². The summed E-state index contributed by atoms with van der Waals surface area (Å²) >= 11 is 0. The monoisotopic (exact) mass is 165 g/mol. The van der Waals surface area contributed by atoms with E-state index < -0.39 is 0 Å². The number of carbonyl (C=O) groups excluding carboxylic acids is 1. The predicted molar refractivity (Wildman–Crippen MR) is 37.6 cm³/mol. The maximum atomic E-state index is 11.0. The van der Waals surface area contributed by atoms with Gasteiger partial charge in [-0.2, -0.15) is 5.26 Å². The first-order valence-electron chi connectivity index (χ1n) is 3.64. The van der Waals surface area contributed by atoms with Crippen LogP contribution >= 0.6 is 0 Å². The summed E-state index contributed by atoms with van der Waals surface area (Å²) in [6.07, 6.45) is 1.55. The molecule has 0 unspecified atom stereocenters. The van der Waals surface area contributed by atoms with Crippen LogP contribution in [0.3, 0.4) is 0 Å². The Hall–Kier alpha value is -1.50. The minimum absolute atomic E-state index is 0.0760. The van der Waals surface area contributed by atoms with E-state index in [1.165, 1.54) is 7.11 Å². The number of rotatable bonds is 1. The van der Waals surface area contributed by atoms with Crippen LogP contribution in [-0.2, 0) is 14.3 Å². The van der Waals surface area contributed by atoms with Crippen molar-refractivity contribution in [1.29, 1.82) is 5.26 Å². The van der Waals surface area contributed by atoms with Gasteiger partial charge in [-0.05, 0) is 6.08 Å². The van der Waals surface area contributed by atoms with Crippen molar-refractivity contribution in [3.8, 4) is 6.07 Å². The zero-order valence-corrected chi connectivity index (χ0v) is 6.48. The first-order chi connectivity index (χ1) is 5.77. The van der Waals surface area contributed by atoms with Crippen LogP contribution in [0.5, 0.6) is 0 Å². The zero-order chi connectivity index (χ0) is 8.72. The van der Waals surface area contributed by atoms with Gasteiger partial charge in [0, 0.05) is 5.92 Å². The molecule has 0 bridgehead atoms. The molecule has 12 heavy (non-hydrogen) atoms. The average molecular weight is 165 g/mol. The maximum absolute atomic E-state index is 11.0. The van der Waals surface area contributed by atoms with Crippen LogP contribution in [0.1, 0.15) is 0 Å². The molecular weight excluding hydrogens is 158 g/mol. The number of ether oxygens (including phenoxy) is 2. The molecule has 1 fully saturated rings. The summed E-state index contributed by atoms with van der Waals surface area (Å²) in [5.41, 5.74) is 0. The van der Waals surface area contributed by atoms with Gasteiger partial charge in [-0.15, -0.1) is 0 Å². The summed E-state index contributed by atoms with van der Waals surface area (Å²) in [6.45, 7) is 0. The lowest BCUT2D eigenvalue weighted by atomic mass is 10.3. The molecular formula is C8H7NO3. The third-order valence-corrected chi connectivity index (χ3v) is 2.20. The number of methoxy groups -OCH3 is 1. The highest BCUT2D eigenvalue weighted by Gasteiger charge is 2.60. The molecule has 0 aromatic carbocycles. The van der Waals surface area contributed by atoms with Gasteiger partial charge in [-0.3, -0.25) is 4.79 Å². The Morgan fingerprint density at radius 1 is 1.83 bits per heavy atom. The maximum Gasteiger partial charge on any atom is 0.313 e. The van der Waals surface area contributed by atoms with E-state index in [9.17, 15) is 4.79 Å². The van der Waals surface area contributed by atoms with Gasteiger partial charge in [0.25, 0.3) is 0 Å². The largest absolute Gasteiger partial charge is 0.479 e. The van der Waals surface area contributed by atoms with Crippen molar-refractivity contribution in [3.63, 3.8) is 0 Å². The number of allylic oxidation sites excluding steroid dienone is 1. The van der Waals surface area contributed by atoms with Gasteiger partial charge in [0.15, 0.2) is 5.76 Å². The molecule has 4 nitrogen and oxygen atoms in total. The second-order valence-electron chi connectivity index (χ2n) is 2.85. The fraction of sp³-hybridized carbons (Fsp3) is 0.500. The Labute approximate surface area is 69.4 Å². The minimum atomic E-state index is -0.252. The molecule has 2 rings (SSSR count). The predicted octanol–water partition coefficient (Wildman–Crippen LogP) is 0.212. The smallest absolute Gasteiger partial charge is 0.313 e. The number of fused-ring (bicyclic) bond motifs is 1. The van der Waals surface area contributed by atoms with Crippen molar-refractivity contribution >= 4 is 5.97 Å². The number of hydrogen-bond acceptors (Lipinski definition) is 4. The molecule has 0 N–H and O–H groups in total. The molecule has 62 valence electrons. The highest BCUT2D eigenvalue weighted by molar-refractivity contribution is 5.78. The second kappa shape index (κ2) is 2.24. The van der Waals surface area contributed by atoms with E-state index in [0.29, 0.717) is 5.76 Å². The lowest BCUT2D eigenvalue weighted by molar-refractivity contribution is -0.143. The van der Waals surface area contributed by atoms with E-state index in [2.05, 4.69) is 4.74 Å². The fourth-order valence-corrected chi connectivity index (χ4v) is 1.51. The average Bonchev–Trinajstić information content (AvgIpc) is 2.59. The number of esters is 1. The summed E-state index contributed by atoms with van der Waals surface area (Å²) in [7, 11) is 1.35. The summed E-state index contributed by atoms with van der Waals surface area (Å²) in [4.78, 5) is 11.0. The molecule has 0 saturated heterocycles. The Morgan fingerprint density at radius 3 is 3.00 bits per heavy atom. The third kappa shape index (κ3) is 0.797. The van der Waals surface area contributed by atoms with Crippen molar-refractivity contribution in [2.24, 2.45) is 11.8 Å². The van der Waals surface area contributed by atoms with Crippen molar-refractivity contribution in [3.05, 3.63) is 11.8 Å². The highest BCUT2D eigenvalue weighted by Crippen LogP contribution is 2.49. The second-order valence-corrected chi connectivity index (χ2v) is 2.85. The number of carbonyl (C=O) groups is 1. The van der Waals surface area contributed by atoms with E-state index in [-0.39, 0.29) is 23.9 Å². The quantitative estimate of drug-likeness (QED) is 0.521. The van der Waals surface area contributed by atoms with E-state index in [1.54, 1.807) is 6.08 Å². The van der Waals surface area contributed by atoms with Crippen molar-refractivity contribution in [2.75, 3.05) is 7.11 Å². The molecule has 3 atom stereocenters. The molecule has 0 aromatic heterocycles. The van der Waals surface area contributed by atoms with Crippen LogP contribution in [0, 0.1) is 23.2 Å². The van der Waals surface area contributed by atoms with Gasteiger partial charge in [0.2, 0.25) is 0 Å².